The van der Waals surface area contributed by atoms with Crippen molar-refractivity contribution in [1.29, 1.82) is 0 Å². The van der Waals surface area contributed by atoms with E-state index >= 15 is 0 Å². The summed E-state index contributed by atoms with van der Waals surface area (Å²) < 4.78 is 5.34. The summed E-state index contributed by atoms with van der Waals surface area (Å²) in [6.45, 7) is 3.44. The van der Waals surface area contributed by atoms with Crippen LogP contribution in [-0.2, 0) is 14.3 Å². The van der Waals surface area contributed by atoms with E-state index in [-0.39, 0.29) is 23.4 Å². The highest BCUT2D eigenvalue weighted by molar-refractivity contribution is 7.80. The lowest BCUT2D eigenvalue weighted by Gasteiger charge is -2.45. The van der Waals surface area contributed by atoms with Crippen molar-refractivity contribution in [2.75, 3.05) is 26.3 Å². The standard InChI is InChI=1S/C13H21N3O3S/c1-2-15-10(17)9-8-19-7-6-16(9)12(18)13(11(14)20)4-3-5-13/h9H,2-8H2,1H3,(H2,14,20)(H,15,17). The Balaban J connectivity index is 2.17. The van der Waals surface area contributed by atoms with Crippen LogP contribution in [0.2, 0.25) is 0 Å². The molecule has 0 aromatic rings. The number of carbonyl (C=O) groups is 2. The molecule has 0 radical (unpaired) electrons. The van der Waals surface area contributed by atoms with E-state index in [2.05, 4.69) is 5.32 Å². The van der Waals surface area contributed by atoms with Crippen LogP contribution in [0, 0.1) is 5.41 Å². The second-order valence-electron chi connectivity index (χ2n) is 5.28. The fourth-order valence-electron chi connectivity index (χ4n) is 2.73. The molecule has 2 rings (SSSR count). The average molecular weight is 299 g/mol. The van der Waals surface area contributed by atoms with Gasteiger partial charge in [0.25, 0.3) is 0 Å². The summed E-state index contributed by atoms with van der Waals surface area (Å²) in [5, 5.41) is 2.74. The number of nitrogens with zero attached hydrogens (tertiary/aromatic N) is 1. The van der Waals surface area contributed by atoms with Crippen LogP contribution in [-0.4, -0.2) is 54.0 Å². The van der Waals surface area contributed by atoms with Crippen molar-refractivity contribution in [2.45, 2.75) is 32.2 Å². The van der Waals surface area contributed by atoms with E-state index in [1.807, 2.05) is 6.92 Å². The summed E-state index contributed by atoms with van der Waals surface area (Å²) in [6, 6.07) is -0.581. The molecule has 1 saturated carbocycles. The van der Waals surface area contributed by atoms with Gasteiger partial charge in [0.15, 0.2) is 0 Å². The zero-order chi connectivity index (χ0) is 14.8. The van der Waals surface area contributed by atoms with Gasteiger partial charge in [-0.05, 0) is 19.8 Å². The Hall–Kier alpha value is -1.21. The Labute approximate surface area is 124 Å². The Morgan fingerprint density at radius 1 is 1.50 bits per heavy atom. The minimum Gasteiger partial charge on any atom is -0.392 e. The molecule has 0 bridgehead atoms. The molecule has 3 N–H and O–H groups in total. The van der Waals surface area contributed by atoms with Crippen molar-refractivity contribution in [3.63, 3.8) is 0 Å². The molecule has 7 heteroatoms. The third-order valence-corrected chi connectivity index (χ3v) is 4.52. The van der Waals surface area contributed by atoms with Gasteiger partial charge in [0.05, 0.1) is 23.6 Å². The van der Waals surface area contributed by atoms with Crippen LogP contribution in [0.4, 0.5) is 0 Å². The molecule has 2 fully saturated rings. The zero-order valence-electron chi connectivity index (χ0n) is 11.7. The molecule has 1 aliphatic carbocycles. The summed E-state index contributed by atoms with van der Waals surface area (Å²) in [6.07, 6.45) is 2.31. The summed E-state index contributed by atoms with van der Waals surface area (Å²) in [5.74, 6) is -0.297. The topological polar surface area (TPSA) is 84.7 Å². The number of hydrogen-bond acceptors (Lipinski definition) is 4. The number of likely N-dealkylation sites (N-methyl/N-ethyl adjacent to an activating group) is 1. The van der Waals surface area contributed by atoms with Gasteiger partial charge in [-0.3, -0.25) is 9.59 Å². The van der Waals surface area contributed by atoms with E-state index in [0.717, 1.165) is 6.42 Å². The number of carbonyl (C=O) groups excluding carboxylic acids is 2. The maximum absolute atomic E-state index is 12.8. The van der Waals surface area contributed by atoms with Crippen molar-refractivity contribution in [3.8, 4) is 0 Å². The first-order chi connectivity index (χ1) is 9.53. The smallest absolute Gasteiger partial charge is 0.245 e. The molecular weight excluding hydrogens is 278 g/mol. The first kappa shape index (κ1) is 15.2. The van der Waals surface area contributed by atoms with Gasteiger partial charge in [-0.1, -0.05) is 18.6 Å². The van der Waals surface area contributed by atoms with Gasteiger partial charge in [0.1, 0.15) is 6.04 Å². The zero-order valence-corrected chi connectivity index (χ0v) is 12.5. The first-order valence-electron chi connectivity index (χ1n) is 6.99. The van der Waals surface area contributed by atoms with Crippen molar-refractivity contribution in [2.24, 2.45) is 11.1 Å². The maximum atomic E-state index is 12.8. The van der Waals surface area contributed by atoms with E-state index in [1.165, 1.54) is 0 Å². The van der Waals surface area contributed by atoms with Gasteiger partial charge >= 0.3 is 0 Å². The molecule has 112 valence electrons. The molecule has 2 aliphatic rings. The summed E-state index contributed by atoms with van der Waals surface area (Å²) in [7, 11) is 0. The third kappa shape index (κ3) is 2.52. The molecule has 1 heterocycles. The van der Waals surface area contributed by atoms with E-state index in [9.17, 15) is 9.59 Å². The molecule has 0 aromatic heterocycles. The highest BCUT2D eigenvalue weighted by atomic mass is 32.1. The molecular formula is C13H21N3O3S. The SMILES string of the molecule is CCNC(=O)C1COCCN1C(=O)C1(C(N)=S)CCC1. The van der Waals surface area contributed by atoms with Crippen LogP contribution in [0.1, 0.15) is 26.2 Å². The predicted molar refractivity (Wildman–Crippen MR) is 78.1 cm³/mol. The van der Waals surface area contributed by atoms with Crippen molar-refractivity contribution in [1.82, 2.24) is 10.2 Å². The molecule has 1 unspecified atom stereocenters. The Morgan fingerprint density at radius 2 is 2.20 bits per heavy atom. The highest BCUT2D eigenvalue weighted by Crippen LogP contribution is 2.43. The van der Waals surface area contributed by atoms with Gasteiger partial charge in [0.2, 0.25) is 11.8 Å². The second-order valence-corrected chi connectivity index (χ2v) is 5.72. The predicted octanol–water partition coefficient (Wildman–Crippen LogP) is -0.194. The fourth-order valence-corrected chi connectivity index (χ4v) is 3.02. The van der Waals surface area contributed by atoms with E-state index in [1.54, 1.807) is 4.90 Å². The van der Waals surface area contributed by atoms with Crippen LogP contribution in [0.5, 0.6) is 0 Å². The number of thiocarbonyl (C=S) groups is 1. The molecule has 0 aromatic carbocycles. The van der Waals surface area contributed by atoms with Crippen molar-refractivity contribution < 1.29 is 14.3 Å². The molecule has 1 atom stereocenters. The lowest BCUT2D eigenvalue weighted by molar-refractivity contribution is -0.156. The summed E-state index contributed by atoms with van der Waals surface area (Å²) in [4.78, 5) is 26.7. The van der Waals surface area contributed by atoms with E-state index < -0.39 is 11.5 Å². The highest BCUT2D eigenvalue weighted by Gasteiger charge is 2.51. The van der Waals surface area contributed by atoms with E-state index in [4.69, 9.17) is 22.7 Å². The van der Waals surface area contributed by atoms with Crippen molar-refractivity contribution in [3.05, 3.63) is 0 Å². The molecule has 1 saturated heterocycles. The number of hydrogen-bond donors (Lipinski definition) is 2. The molecule has 0 spiro atoms. The average Bonchev–Trinajstić information content (AvgIpc) is 2.37. The van der Waals surface area contributed by atoms with Crippen LogP contribution < -0.4 is 11.1 Å². The number of nitrogens with one attached hydrogen (secondary N) is 1. The summed E-state index contributed by atoms with van der Waals surface area (Å²) >= 11 is 5.08. The van der Waals surface area contributed by atoms with Gasteiger partial charge in [-0.2, -0.15) is 0 Å². The Morgan fingerprint density at radius 3 is 2.70 bits per heavy atom. The number of ether oxygens (including phenoxy) is 1. The van der Waals surface area contributed by atoms with Gasteiger partial charge < -0.3 is 20.7 Å². The lowest BCUT2D eigenvalue weighted by atomic mass is 9.67. The lowest BCUT2D eigenvalue weighted by Crippen LogP contribution is -2.62. The number of rotatable bonds is 4. The molecule has 2 amide bonds. The number of morpholine rings is 1. The third-order valence-electron chi connectivity index (χ3n) is 4.13. The van der Waals surface area contributed by atoms with Gasteiger partial charge in [-0.15, -0.1) is 0 Å². The van der Waals surface area contributed by atoms with Crippen molar-refractivity contribution >= 4 is 29.0 Å². The monoisotopic (exact) mass is 299 g/mol. The number of amides is 2. The second kappa shape index (κ2) is 6.05. The Bertz CT molecular complexity index is 423. The van der Waals surface area contributed by atoms with Crippen LogP contribution in [0.25, 0.3) is 0 Å². The fraction of sp³-hybridized carbons (Fsp3) is 0.769. The first-order valence-corrected chi connectivity index (χ1v) is 7.40. The molecule has 6 nitrogen and oxygen atoms in total. The van der Waals surface area contributed by atoms with Crippen LogP contribution >= 0.6 is 12.2 Å². The quantitative estimate of drug-likeness (QED) is 0.703. The van der Waals surface area contributed by atoms with Crippen LogP contribution in [0.3, 0.4) is 0 Å². The van der Waals surface area contributed by atoms with E-state index in [0.29, 0.717) is 32.5 Å². The van der Waals surface area contributed by atoms with Gasteiger partial charge in [-0.25, -0.2) is 0 Å². The minimum atomic E-state index is -0.739. The summed E-state index contributed by atoms with van der Waals surface area (Å²) in [5.41, 5.74) is 5.03. The maximum Gasteiger partial charge on any atom is 0.245 e. The number of nitrogens with two attached hydrogens (primary N) is 1. The largest absolute Gasteiger partial charge is 0.392 e. The minimum absolute atomic E-state index is 0.115. The Kier molecular flexibility index (Phi) is 4.59. The normalized spacial score (nSPS) is 24.6. The van der Waals surface area contributed by atoms with Crippen LogP contribution in [0.15, 0.2) is 0 Å². The van der Waals surface area contributed by atoms with Gasteiger partial charge in [0, 0.05) is 13.1 Å². The molecule has 1 aliphatic heterocycles. The molecule has 20 heavy (non-hydrogen) atoms.